The maximum atomic E-state index is 10.8. The Morgan fingerprint density at radius 3 is 2.93 bits per heavy atom. The number of aryl methyl sites for hydroxylation is 1. The lowest BCUT2D eigenvalue weighted by molar-refractivity contribution is -0.137. The zero-order chi connectivity index (χ0) is 21.0. The van der Waals surface area contributed by atoms with Crippen LogP contribution in [-0.4, -0.2) is 39.6 Å². The molecule has 1 heterocycles. The number of para-hydroxylation sites is 1. The summed E-state index contributed by atoms with van der Waals surface area (Å²) in [6.45, 7) is 3.75. The fraction of sp³-hybridized carbons (Fsp3) is 0.542. The zero-order valence-corrected chi connectivity index (χ0v) is 17.0. The smallest absolute Gasteiger partial charge is 0.303 e. The number of carboxylic acid groups (broad SMARTS) is 1. The summed E-state index contributed by atoms with van der Waals surface area (Å²) in [5, 5.41) is 29.9. The second-order valence-electron chi connectivity index (χ2n) is 8.13. The van der Waals surface area contributed by atoms with Crippen molar-refractivity contribution in [1.82, 2.24) is 0 Å². The van der Waals surface area contributed by atoms with Crippen LogP contribution in [0, 0.1) is 23.7 Å². The highest BCUT2D eigenvalue weighted by Crippen LogP contribution is 2.52. The van der Waals surface area contributed by atoms with Gasteiger partial charge >= 0.3 is 5.97 Å². The summed E-state index contributed by atoms with van der Waals surface area (Å²) in [4.78, 5) is 10.8. The summed E-state index contributed by atoms with van der Waals surface area (Å²) in [5.41, 5.74) is 2.11. The van der Waals surface area contributed by atoms with Gasteiger partial charge < -0.3 is 20.1 Å². The molecule has 156 valence electrons. The van der Waals surface area contributed by atoms with Crippen molar-refractivity contribution in [2.45, 2.75) is 70.2 Å². The van der Waals surface area contributed by atoms with E-state index in [0.29, 0.717) is 25.7 Å². The minimum atomic E-state index is -0.790. The number of hydrogen-bond acceptors (Lipinski definition) is 4. The molecular formula is C24H30O5. The fourth-order valence-electron chi connectivity index (χ4n) is 4.41. The highest BCUT2D eigenvalue weighted by Gasteiger charge is 2.48. The molecule has 1 aromatic carbocycles. The van der Waals surface area contributed by atoms with Crippen LogP contribution in [0.15, 0.2) is 30.4 Å². The van der Waals surface area contributed by atoms with E-state index in [0.717, 1.165) is 16.9 Å². The van der Waals surface area contributed by atoms with E-state index in [-0.39, 0.29) is 30.3 Å². The Bertz CT molecular complexity index is 818. The van der Waals surface area contributed by atoms with Crippen molar-refractivity contribution in [3.63, 3.8) is 0 Å². The number of benzene rings is 1. The average molecular weight is 398 g/mol. The topological polar surface area (TPSA) is 87.0 Å². The summed E-state index contributed by atoms with van der Waals surface area (Å²) < 4.78 is 6.21. The Labute approximate surface area is 172 Å². The van der Waals surface area contributed by atoms with Crippen molar-refractivity contribution in [2.75, 3.05) is 0 Å². The molecule has 29 heavy (non-hydrogen) atoms. The Morgan fingerprint density at radius 1 is 1.41 bits per heavy atom. The molecular weight excluding hydrogens is 368 g/mol. The Hall–Kier alpha value is -2.29. The van der Waals surface area contributed by atoms with Crippen LogP contribution in [0.4, 0.5) is 0 Å². The highest BCUT2D eigenvalue weighted by molar-refractivity contribution is 5.66. The molecule has 0 amide bonds. The molecule has 2 aliphatic rings. The van der Waals surface area contributed by atoms with E-state index >= 15 is 0 Å². The summed E-state index contributed by atoms with van der Waals surface area (Å²) in [6.07, 6.45) is 5.07. The number of ether oxygens (including phenoxy) is 1. The molecule has 0 bridgehead atoms. The number of fused-ring (bicyclic) bond motifs is 3. The van der Waals surface area contributed by atoms with Crippen LogP contribution in [0.25, 0.3) is 0 Å². The monoisotopic (exact) mass is 398 g/mol. The fourth-order valence-corrected chi connectivity index (χ4v) is 4.41. The van der Waals surface area contributed by atoms with Gasteiger partial charge in [-0.15, -0.1) is 11.8 Å². The van der Waals surface area contributed by atoms with Gasteiger partial charge in [0.15, 0.2) is 0 Å². The molecule has 1 aromatic rings. The van der Waals surface area contributed by atoms with Crippen molar-refractivity contribution in [2.24, 2.45) is 11.8 Å². The van der Waals surface area contributed by atoms with Crippen LogP contribution in [0.3, 0.4) is 0 Å². The lowest BCUT2D eigenvalue weighted by Crippen LogP contribution is -2.19. The van der Waals surface area contributed by atoms with Crippen LogP contribution in [0.2, 0.25) is 0 Å². The largest absolute Gasteiger partial charge is 0.489 e. The third kappa shape index (κ3) is 4.83. The molecule has 5 nitrogen and oxygen atoms in total. The first-order chi connectivity index (χ1) is 13.9. The van der Waals surface area contributed by atoms with Crippen LogP contribution in [-0.2, 0) is 11.2 Å². The van der Waals surface area contributed by atoms with Gasteiger partial charge in [-0.3, -0.25) is 4.79 Å². The summed E-state index contributed by atoms with van der Waals surface area (Å²) in [6, 6.07) is 6.01. The number of carboxylic acids is 1. The predicted molar refractivity (Wildman–Crippen MR) is 111 cm³/mol. The van der Waals surface area contributed by atoms with E-state index in [1.807, 2.05) is 31.2 Å². The molecule has 1 aliphatic carbocycles. The van der Waals surface area contributed by atoms with Crippen molar-refractivity contribution in [3.8, 4) is 17.6 Å². The molecule has 1 fully saturated rings. The molecule has 0 aromatic heterocycles. The van der Waals surface area contributed by atoms with Gasteiger partial charge in [0.05, 0.1) is 12.2 Å². The Balaban J connectivity index is 1.75. The van der Waals surface area contributed by atoms with E-state index in [9.17, 15) is 15.0 Å². The molecule has 3 rings (SSSR count). The van der Waals surface area contributed by atoms with Gasteiger partial charge in [0.25, 0.3) is 0 Å². The number of aliphatic hydroxyl groups excluding tert-OH is 2. The highest BCUT2D eigenvalue weighted by atomic mass is 16.5. The molecule has 0 spiro atoms. The first-order valence-electron chi connectivity index (χ1n) is 10.4. The molecule has 5 heteroatoms. The van der Waals surface area contributed by atoms with Gasteiger partial charge in [-0.05, 0) is 31.2 Å². The standard InChI is InChI=1S/C24H30O5/c1-3-4-7-15(2)19(25)13-12-17-20(26)14-21-23(17)18-10-5-8-16(24(18)29-21)9-6-11-22(27)28/h5,8,10,12-13,15,17,19-21,23,25-26H,6-7,9,11,14H2,1-2H3,(H,27,28)/b13-12+/t15-,17-,19+,20+,21+,23+/m1/s1. The quantitative estimate of drug-likeness (QED) is 0.462. The number of hydrogen-bond donors (Lipinski definition) is 3. The number of aliphatic carboxylic acids is 1. The van der Waals surface area contributed by atoms with E-state index in [1.165, 1.54) is 0 Å². The molecule has 3 N–H and O–H groups in total. The number of carbonyl (C=O) groups is 1. The molecule has 0 saturated heterocycles. The number of aliphatic hydroxyl groups is 2. The van der Waals surface area contributed by atoms with Gasteiger partial charge in [-0.25, -0.2) is 0 Å². The Kier molecular flexibility index (Phi) is 7.00. The summed E-state index contributed by atoms with van der Waals surface area (Å²) >= 11 is 0. The van der Waals surface area contributed by atoms with Gasteiger partial charge in [-0.2, -0.15) is 0 Å². The molecule has 0 radical (unpaired) electrons. The summed E-state index contributed by atoms with van der Waals surface area (Å²) in [5.74, 6) is 5.87. The van der Waals surface area contributed by atoms with E-state index in [2.05, 4.69) is 11.8 Å². The molecule has 1 saturated carbocycles. The molecule has 0 unspecified atom stereocenters. The second-order valence-corrected chi connectivity index (χ2v) is 8.13. The van der Waals surface area contributed by atoms with Crippen LogP contribution in [0.5, 0.6) is 5.75 Å². The molecule has 6 atom stereocenters. The van der Waals surface area contributed by atoms with Crippen molar-refractivity contribution >= 4 is 5.97 Å². The normalized spacial score (nSPS) is 26.9. The Morgan fingerprint density at radius 2 is 2.21 bits per heavy atom. The second kappa shape index (κ2) is 9.47. The average Bonchev–Trinajstić information content (AvgIpc) is 3.19. The predicted octanol–water partition coefficient (Wildman–Crippen LogP) is 3.29. The summed E-state index contributed by atoms with van der Waals surface area (Å²) in [7, 11) is 0. The maximum Gasteiger partial charge on any atom is 0.303 e. The lowest BCUT2D eigenvalue weighted by Gasteiger charge is -2.19. The minimum Gasteiger partial charge on any atom is -0.489 e. The van der Waals surface area contributed by atoms with Crippen molar-refractivity contribution < 1.29 is 24.9 Å². The van der Waals surface area contributed by atoms with Crippen LogP contribution >= 0.6 is 0 Å². The van der Waals surface area contributed by atoms with E-state index < -0.39 is 18.2 Å². The van der Waals surface area contributed by atoms with Crippen LogP contribution in [0.1, 0.15) is 56.6 Å². The third-order valence-electron chi connectivity index (χ3n) is 6.04. The van der Waals surface area contributed by atoms with Gasteiger partial charge in [0, 0.05) is 36.7 Å². The maximum absolute atomic E-state index is 10.8. The van der Waals surface area contributed by atoms with E-state index in [4.69, 9.17) is 9.84 Å². The zero-order valence-electron chi connectivity index (χ0n) is 17.0. The minimum absolute atomic E-state index is 0.0287. The SMILES string of the molecule is CC#CC[C@@H](C)[C@@H](O)/C=C/[C@H]1[C@H]2c3cccc(CCCC(=O)O)c3O[C@H]2C[C@@H]1O. The van der Waals surface area contributed by atoms with Crippen molar-refractivity contribution in [3.05, 3.63) is 41.5 Å². The van der Waals surface area contributed by atoms with E-state index in [1.54, 1.807) is 13.0 Å². The lowest BCUT2D eigenvalue weighted by atomic mass is 9.86. The first kappa shape index (κ1) is 21.4. The number of rotatable bonds is 8. The van der Waals surface area contributed by atoms with Crippen molar-refractivity contribution in [1.29, 1.82) is 0 Å². The van der Waals surface area contributed by atoms with Crippen LogP contribution < -0.4 is 4.74 Å². The van der Waals surface area contributed by atoms with Gasteiger partial charge in [0.2, 0.25) is 0 Å². The van der Waals surface area contributed by atoms with Gasteiger partial charge in [-0.1, -0.05) is 37.3 Å². The molecule has 1 aliphatic heterocycles. The first-order valence-corrected chi connectivity index (χ1v) is 10.4. The van der Waals surface area contributed by atoms with Gasteiger partial charge in [0.1, 0.15) is 11.9 Å². The third-order valence-corrected chi connectivity index (χ3v) is 6.04.